The van der Waals surface area contributed by atoms with Crippen LogP contribution in [0.2, 0.25) is 5.02 Å². The van der Waals surface area contributed by atoms with E-state index >= 15 is 0 Å². The van der Waals surface area contributed by atoms with Crippen LogP contribution in [0.5, 0.6) is 0 Å². The molecule has 2 aromatic rings. The molecule has 1 aromatic carbocycles. The van der Waals surface area contributed by atoms with Crippen LogP contribution < -0.4 is 10.6 Å². The number of nitrogens with one attached hydrogen (secondary N) is 2. The molecule has 0 aliphatic heterocycles. The normalized spacial score (nSPS) is 10.1. The number of amides is 1. The lowest BCUT2D eigenvalue weighted by atomic mass is 10.2. The molecule has 4 nitrogen and oxygen atoms in total. The molecule has 0 saturated heterocycles. The van der Waals surface area contributed by atoms with Gasteiger partial charge in [-0.2, -0.15) is 0 Å². The minimum absolute atomic E-state index is 0.249. The average molecular weight is 280 g/mol. The van der Waals surface area contributed by atoms with E-state index in [9.17, 15) is 9.18 Å². The molecule has 0 spiro atoms. The lowest BCUT2D eigenvalue weighted by Crippen LogP contribution is -2.13. The highest BCUT2D eigenvalue weighted by Gasteiger charge is 2.12. The van der Waals surface area contributed by atoms with E-state index in [4.69, 9.17) is 11.6 Å². The van der Waals surface area contributed by atoms with Gasteiger partial charge in [0.1, 0.15) is 11.6 Å². The Balaban J connectivity index is 2.22. The molecule has 1 amide bonds. The molecule has 1 aromatic heterocycles. The van der Waals surface area contributed by atoms with Gasteiger partial charge in [0, 0.05) is 18.9 Å². The van der Waals surface area contributed by atoms with Gasteiger partial charge in [-0.15, -0.1) is 0 Å². The summed E-state index contributed by atoms with van der Waals surface area (Å²) in [6.07, 6.45) is 1.40. The van der Waals surface area contributed by atoms with Gasteiger partial charge in [-0.25, -0.2) is 9.37 Å². The fraction of sp³-hybridized carbons (Fsp3) is 0.0769. The van der Waals surface area contributed by atoms with Gasteiger partial charge >= 0.3 is 0 Å². The molecule has 98 valence electrons. The van der Waals surface area contributed by atoms with Crippen molar-refractivity contribution in [3.63, 3.8) is 0 Å². The zero-order valence-corrected chi connectivity index (χ0v) is 10.8. The van der Waals surface area contributed by atoms with Gasteiger partial charge in [0.15, 0.2) is 0 Å². The van der Waals surface area contributed by atoms with Gasteiger partial charge in [-0.1, -0.05) is 11.6 Å². The van der Waals surface area contributed by atoms with Gasteiger partial charge in [0.05, 0.1) is 10.6 Å². The van der Waals surface area contributed by atoms with Gasteiger partial charge < -0.3 is 10.6 Å². The summed E-state index contributed by atoms with van der Waals surface area (Å²) in [5.41, 5.74) is 0.788. The molecule has 2 rings (SSSR count). The van der Waals surface area contributed by atoms with Crippen molar-refractivity contribution in [1.82, 2.24) is 4.98 Å². The lowest BCUT2D eigenvalue weighted by molar-refractivity contribution is 0.102. The predicted octanol–water partition coefficient (Wildman–Crippen LogP) is 3.17. The van der Waals surface area contributed by atoms with Crippen molar-refractivity contribution in [3.8, 4) is 0 Å². The smallest absolute Gasteiger partial charge is 0.257 e. The molecule has 0 saturated carbocycles. The zero-order valence-electron chi connectivity index (χ0n) is 10.1. The van der Waals surface area contributed by atoms with Crippen LogP contribution in [0.1, 0.15) is 10.4 Å². The van der Waals surface area contributed by atoms with Crippen LogP contribution in [0.25, 0.3) is 0 Å². The summed E-state index contributed by atoms with van der Waals surface area (Å²) < 4.78 is 12.8. The average Bonchev–Trinajstić information content (AvgIpc) is 2.42. The molecule has 0 aliphatic carbocycles. The summed E-state index contributed by atoms with van der Waals surface area (Å²) in [4.78, 5) is 16.0. The first-order chi connectivity index (χ1) is 9.10. The van der Waals surface area contributed by atoms with E-state index in [-0.39, 0.29) is 16.7 Å². The fourth-order valence-electron chi connectivity index (χ4n) is 1.48. The van der Waals surface area contributed by atoms with Crippen molar-refractivity contribution in [2.75, 3.05) is 17.7 Å². The first-order valence-corrected chi connectivity index (χ1v) is 5.88. The Bertz CT molecular complexity index is 601. The Morgan fingerprint density at radius 3 is 2.63 bits per heavy atom. The molecule has 2 N–H and O–H groups in total. The van der Waals surface area contributed by atoms with Gasteiger partial charge in [-0.3, -0.25) is 4.79 Å². The zero-order chi connectivity index (χ0) is 13.8. The summed E-state index contributed by atoms with van der Waals surface area (Å²) in [5, 5.41) is 5.70. The lowest BCUT2D eigenvalue weighted by Gasteiger charge is -2.08. The second-order valence-electron chi connectivity index (χ2n) is 3.76. The van der Waals surface area contributed by atoms with Crippen molar-refractivity contribution in [2.24, 2.45) is 0 Å². The number of hydrogen-bond donors (Lipinski definition) is 2. The first kappa shape index (κ1) is 13.3. The van der Waals surface area contributed by atoms with Crippen LogP contribution in [0.4, 0.5) is 15.9 Å². The van der Waals surface area contributed by atoms with Crippen molar-refractivity contribution in [3.05, 3.63) is 52.9 Å². The molecule has 0 bridgehead atoms. The maximum atomic E-state index is 12.8. The number of hydrogen-bond acceptors (Lipinski definition) is 3. The minimum Gasteiger partial charge on any atom is -0.373 e. The standard InChI is InChI=1S/C13H11ClFN3O/c1-16-12-6-10(11(14)7-17-12)13(19)18-9-4-2-8(15)3-5-9/h2-7H,1H3,(H,16,17)(H,18,19). The third kappa shape index (κ3) is 3.20. The van der Waals surface area contributed by atoms with E-state index in [1.807, 2.05) is 0 Å². The molecule has 0 aliphatic rings. The molecule has 6 heteroatoms. The second kappa shape index (κ2) is 5.67. The summed E-state index contributed by atoms with van der Waals surface area (Å²) >= 11 is 5.93. The van der Waals surface area contributed by atoms with Crippen LogP contribution in [-0.4, -0.2) is 17.9 Å². The van der Waals surface area contributed by atoms with E-state index in [1.54, 1.807) is 13.1 Å². The molecule has 0 atom stereocenters. The van der Waals surface area contributed by atoms with E-state index in [0.29, 0.717) is 17.1 Å². The third-order valence-electron chi connectivity index (χ3n) is 2.46. The van der Waals surface area contributed by atoms with Crippen LogP contribution in [0.15, 0.2) is 36.5 Å². The quantitative estimate of drug-likeness (QED) is 0.907. The molecule has 0 unspecified atom stereocenters. The Labute approximate surface area is 114 Å². The van der Waals surface area contributed by atoms with Crippen LogP contribution >= 0.6 is 11.6 Å². The van der Waals surface area contributed by atoms with Crippen LogP contribution in [0.3, 0.4) is 0 Å². The Morgan fingerprint density at radius 1 is 1.32 bits per heavy atom. The van der Waals surface area contributed by atoms with Gasteiger partial charge in [0.25, 0.3) is 5.91 Å². The summed E-state index contributed by atoms with van der Waals surface area (Å²) in [6, 6.07) is 7.02. The summed E-state index contributed by atoms with van der Waals surface area (Å²) in [7, 11) is 1.69. The highest BCUT2D eigenvalue weighted by atomic mass is 35.5. The van der Waals surface area contributed by atoms with Gasteiger partial charge in [-0.05, 0) is 30.3 Å². The van der Waals surface area contributed by atoms with E-state index in [1.165, 1.54) is 30.5 Å². The molecular weight excluding hydrogens is 269 g/mol. The topological polar surface area (TPSA) is 54.0 Å². The predicted molar refractivity (Wildman–Crippen MR) is 73.1 cm³/mol. The monoisotopic (exact) mass is 279 g/mol. The number of halogens is 2. The molecular formula is C13H11ClFN3O. The van der Waals surface area contributed by atoms with Crippen LogP contribution in [-0.2, 0) is 0 Å². The number of pyridine rings is 1. The third-order valence-corrected chi connectivity index (χ3v) is 2.76. The highest BCUT2D eigenvalue weighted by Crippen LogP contribution is 2.19. The van der Waals surface area contributed by atoms with E-state index < -0.39 is 0 Å². The Hall–Kier alpha value is -2.14. The number of carbonyl (C=O) groups excluding carboxylic acids is 1. The second-order valence-corrected chi connectivity index (χ2v) is 4.17. The highest BCUT2D eigenvalue weighted by molar-refractivity contribution is 6.34. The van der Waals surface area contributed by atoms with Crippen molar-refractivity contribution < 1.29 is 9.18 Å². The van der Waals surface area contributed by atoms with Crippen LogP contribution in [0, 0.1) is 5.82 Å². The maximum Gasteiger partial charge on any atom is 0.257 e. The van der Waals surface area contributed by atoms with Crippen molar-refractivity contribution in [1.29, 1.82) is 0 Å². The number of benzene rings is 1. The SMILES string of the molecule is CNc1cc(C(=O)Nc2ccc(F)cc2)c(Cl)cn1. The van der Waals surface area contributed by atoms with Crippen molar-refractivity contribution >= 4 is 29.0 Å². The van der Waals surface area contributed by atoms with E-state index in [0.717, 1.165) is 0 Å². The fourth-order valence-corrected chi connectivity index (χ4v) is 1.67. The molecule has 1 heterocycles. The first-order valence-electron chi connectivity index (χ1n) is 5.50. The Morgan fingerprint density at radius 2 is 2.00 bits per heavy atom. The largest absolute Gasteiger partial charge is 0.373 e. The number of carbonyl (C=O) groups is 1. The van der Waals surface area contributed by atoms with E-state index in [2.05, 4.69) is 15.6 Å². The molecule has 0 radical (unpaired) electrons. The van der Waals surface area contributed by atoms with Crippen molar-refractivity contribution in [2.45, 2.75) is 0 Å². The minimum atomic E-state index is -0.379. The number of anilines is 2. The molecule has 0 fully saturated rings. The Kier molecular flexibility index (Phi) is 3.97. The number of rotatable bonds is 3. The summed E-state index contributed by atoms with van der Waals surface area (Å²) in [5.74, 6) is -0.207. The number of nitrogens with zero attached hydrogens (tertiary/aromatic N) is 1. The van der Waals surface area contributed by atoms with Gasteiger partial charge in [0.2, 0.25) is 0 Å². The maximum absolute atomic E-state index is 12.8. The summed E-state index contributed by atoms with van der Waals surface area (Å²) in [6.45, 7) is 0. The molecule has 19 heavy (non-hydrogen) atoms. The number of aromatic nitrogens is 1.